The third kappa shape index (κ3) is 4.03. The molecule has 2 aromatic rings. The van der Waals surface area contributed by atoms with E-state index in [2.05, 4.69) is 24.0 Å². The fourth-order valence-electron chi connectivity index (χ4n) is 4.21. The second-order valence-electron chi connectivity index (χ2n) is 7.75. The van der Waals surface area contributed by atoms with Gasteiger partial charge in [0.15, 0.2) is 11.5 Å². The number of nitrogens with zero attached hydrogens (tertiary/aromatic N) is 2. The quantitative estimate of drug-likeness (QED) is 0.714. The molecule has 154 valence electrons. The Balaban J connectivity index is 1.45. The van der Waals surface area contributed by atoms with E-state index in [9.17, 15) is 4.79 Å². The van der Waals surface area contributed by atoms with Gasteiger partial charge in [-0.1, -0.05) is 43.3 Å². The highest BCUT2D eigenvalue weighted by Gasteiger charge is 2.49. The molecule has 0 spiro atoms. The molecule has 4 rings (SSSR count). The van der Waals surface area contributed by atoms with Crippen molar-refractivity contribution >= 4 is 6.09 Å². The van der Waals surface area contributed by atoms with Gasteiger partial charge in [0, 0.05) is 26.2 Å². The standard InChI is InChI=1S/C23H28N2O4/c1-3-23-16-24(11-12-25(23)22(26)29-17-23)14-19-9-10-20(27-2)21(13-19)28-15-18-7-5-4-6-8-18/h4-10,13H,3,11-12,14-17H2,1-2H3. The summed E-state index contributed by atoms with van der Waals surface area (Å²) in [5, 5.41) is 0. The molecule has 2 saturated heterocycles. The minimum absolute atomic E-state index is 0.174. The third-order valence-corrected chi connectivity index (χ3v) is 5.94. The second kappa shape index (κ2) is 8.33. The first-order chi connectivity index (χ1) is 14.1. The van der Waals surface area contributed by atoms with Gasteiger partial charge >= 0.3 is 6.09 Å². The molecule has 6 nitrogen and oxygen atoms in total. The van der Waals surface area contributed by atoms with Crippen LogP contribution in [0, 0.1) is 0 Å². The van der Waals surface area contributed by atoms with E-state index in [1.807, 2.05) is 41.3 Å². The Hall–Kier alpha value is -2.73. The normalized spacial score (nSPS) is 21.6. The number of methoxy groups -OCH3 is 1. The van der Waals surface area contributed by atoms with Gasteiger partial charge in [0.05, 0.1) is 12.6 Å². The SMILES string of the molecule is CCC12COC(=O)N1CCN(Cc1ccc(OC)c(OCc3ccccc3)c1)C2. The van der Waals surface area contributed by atoms with E-state index in [1.165, 1.54) is 5.56 Å². The van der Waals surface area contributed by atoms with E-state index in [0.29, 0.717) is 19.8 Å². The molecular formula is C23H28N2O4. The first kappa shape index (κ1) is 19.6. The summed E-state index contributed by atoms with van der Waals surface area (Å²) in [6, 6.07) is 16.2. The maximum atomic E-state index is 12.0. The van der Waals surface area contributed by atoms with Gasteiger partial charge in [-0.05, 0) is 29.7 Å². The lowest BCUT2D eigenvalue weighted by Gasteiger charge is -2.44. The molecule has 0 saturated carbocycles. The number of fused-ring (bicyclic) bond motifs is 1. The third-order valence-electron chi connectivity index (χ3n) is 5.94. The average molecular weight is 396 g/mol. The van der Waals surface area contributed by atoms with Crippen molar-refractivity contribution < 1.29 is 19.0 Å². The van der Waals surface area contributed by atoms with Gasteiger partial charge in [-0.15, -0.1) is 0 Å². The molecule has 29 heavy (non-hydrogen) atoms. The van der Waals surface area contributed by atoms with Crippen LogP contribution in [0.3, 0.4) is 0 Å². The fraction of sp³-hybridized carbons (Fsp3) is 0.435. The molecular weight excluding hydrogens is 368 g/mol. The van der Waals surface area contributed by atoms with Crippen LogP contribution in [0.2, 0.25) is 0 Å². The van der Waals surface area contributed by atoms with Gasteiger partial charge in [0.1, 0.15) is 13.2 Å². The molecule has 2 aromatic carbocycles. The van der Waals surface area contributed by atoms with Crippen molar-refractivity contribution in [1.29, 1.82) is 0 Å². The van der Waals surface area contributed by atoms with Gasteiger partial charge in [-0.3, -0.25) is 9.80 Å². The predicted octanol–water partition coefficient (Wildman–Crippen LogP) is 3.69. The van der Waals surface area contributed by atoms with Crippen LogP contribution in [0.1, 0.15) is 24.5 Å². The Labute approximate surface area is 172 Å². The van der Waals surface area contributed by atoms with E-state index < -0.39 is 0 Å². The van der Waals surface area contributed by atoms with Crippen molar-refractivity contribution in [3.8, 4) is 11.5 Å². The smallest absolute Gasteiger partial charge is 0.410 e. The molecule has 0 N–H and O–H groups in total. The summed E-state index contributed by atoms with van der Waals surface area (Å²) in [7, 11) is 1.66. The van der Waals surface area contributed by atoms with Crippen molar-refractivity contribution in [3.63, 3.8) is 0 Å². The number of benzene rings is 2. The van der Waals surface area contributed by atoms with E-state index in [-0.39, 0.29) is 11.6 Å². The average Bonchev–Trinajstić information content (AvgIpc) is 3.09. The van der Waals surface area contributed by atoms with Gasteiger partial charge in [0.25, 0.3) is 0 Å². The lowest BCUT2D eigenvalue weighted by Crippen LogP contribution is -2.60. The minimum atomic E-state index is -0.200. The zero-order valence-corrected chi connectivity index (χ0v) is 17.1. The lowest BCUT2D eigenvalue weighted by atomic mass is 9.92. The summed E-state index contributed by atoms with van der Waals surface area (Å²) in [6.45, 7) is 6.27. The predicted molar refractivity (Wildman–Crippen MR) is 110 cm³/mol. The molecule has 0 radical (unpaired) electrons. The molecule has 0 aromatic heterocycles. The number of ether oxygens (including phenoxy) is 3. The van der Waals surface area contributed by atoms with Gasteiger partial charge in [-0.2, -0.15) is 0 Å². The van der Waals surface area contributed by atoms with E-state index >= 15 is 0 Å². The number of carbonyl (C=O) groups is 1. The fourth-order valence-corrected chi connectivity index (χ4v) is 4.21. The van der Waals surface area contributed by atoms with Crippen LogP contribution in [0.5, 0.6) is 11.5 Å². The minimum Gasteiger partial charge on any atom is -0.493 e. The van der Waals surface area contributed by atoms with Crippen LogP contribution in [-0.4, -0.2) is 54.8 Å². The number of carbonyl (C=O) groups excluding carboxylic acids is 1. The topological polar surface area (TPSA) is 51.2 Å². The Morgan fingerprint density at radius 2 is 1.90 bits per heavy atom. The summed E-state index contributed by atoms with van der Waals surface area (Å²) >= 11 is 0. The molecule has 1 amide bonds. The van der Waals surface area contributed by atoms with E-state index in [1.54, 1.807) is 7.11 Å². The second-order valence-corrected chi connectivity index (χ2v) is 7.75. The Morgan fingerprint density at radius 1 is 1.07 bits per heavy atom. The lowest BCUT2D eigenvalue weighted by molar-refractivity contribution is 0.0449. The molecule has 2 aliphatic heterocycles. The molecule has 0 aliphatic carbocycles. The van der Waals surface area contributed by atoms with Crippen LogP contribution < -0.4 is 9.47 Å². The molecule has 2 fully saturated rings. The molecule has 0 bridgehead atoms. The number of cyclic esters (lactones) is 1. The highest BCUT2D eigenvalue weighted by molar-refractivity contribution is 5.71. The van der Waals surface area contributed by atoms with Crippen LogP contribution >= 0.6 is 0 Å². The number of hydrogen-bond acceptors (Lipinski definition) is 5. The maximum Gasteiger partial charge on any atom is 0.410 e. The molecule has 1 unspecified atom stereocenters. The van der Waals surface area contributed by atoms with E-state index in [4.69, 9.17) is 14.2 Å². The summed E-state index contributed by atoms with van der Waals surface area (Å²) in [4.78, 5) is 16.3. The monoisotopic (exact) mass is 396 g/mol. The van der Waals surface area contributed by atoms with Gasteiger partial charge < -0.3 is 14.2 Å². The Morgan fingerprint density at radius 3 is 2.66 bits per heavy atom. The van der Waals surface area contributed by atoms with Crippen molar-refractivity contribution in [3.05, 3.63) is 59.7 Å². The summed E-state index contributed by atoms with van der Waals surface area (Å²) < 4.78 is 16.9. The largest absolute Gasteiger partial charge is 0.493 e. The highest BCUT2D eigenvalue weighted by atomic mass is 16.6. The van der Waals surface area contributed by atoms with Gasteiger partial charge in [0.2, 0.25) is 0 Å². The molecule has 2 aliphatic rings. The summed E-state index contributed by atoms with van der Waals surface area (Å²) in [6.07, 6.45) is 0.719. The van der Waals surface area contributed by atoms with Crippen LogP contribution in [0.25, 0.3) is 0 Å². The van der Waals surface area contributed by atoms with Crippen molar-refractivity contribution in [1.82, 2.24) is 9.80 Å². The zero-order chi connectivity index (χ0) is 20.3. The number of rotatable bonds is 7. The molecule has 6 heteroatoms. The molecule has 1 atom stereocenters. The number of piperazine rings is 1. The summed E-state index contributed by atoms with van der Waals surface area (Å²) in [5.74, 6) is 1.48. The van der Waals surface area contributed by atoms with Crippen molar-refractivity contribution in [2.75, 3.05) is 33.4 Å². The highest BCUT2D eigenvalue weighted by Crippen LogP contribution is 2.33. The number of amides is 1. The maximum absolute atomic E-state index is 12.0. The van der Waals surface area contributed by atoms with Crippen LogP contribution in [0.4, 0.5) is 4.79 Å². The van der Waals surface area contributed by atoms with Crippen LogP contribution in [-0.2, 0) is 17.9 Å². The first-order valence-electron chi connectivity index (χ1n) is 10.1. The van der Waals surface area contributed by atoms with Crippen LogP contribution in [0.15, 0.2) is 48.5 Å². The summed E-state index contributed by atoms with van der Waals surface area (Å²) in [5.41, 5.74) is 2.08. The Bertz CT molecular complexity index is 857. The zero-order valence-electron chi connectivity index (χ0n) is 17.1. The number of hydrogen-bond donors (Lipinski definition) is 0. The van der Waals surface area contributed by atoms with Crippen molar-refractivity contribution in [2.45, 2.75) is 32.0 Å². The molecule has 2 heterocycles. The Kier molecular flexibility index (Phi) is 5.62. The van der Waals surface area contributed by atoms with Crippen molar-refractivity contribution in [2.24, 2.45) is 0 Å². The first-order valence-corrected chi connectivity index (χ1v) is 10.1. The van der Waals surface area contributed by atoms with Gasteiger partial charge in [-0.25, -0.2) is 4.79 Å². The van der Waals surface area contributed by atoms with E-state index in [0.717, 1.165) is 43.1 Å².